The lowest BCUT2D eigenvalue weighted by Gasteiger charge is -2.07. The van der Waals surface area contributed by atoms with E-state index < -0.39 is 0 Å². The minimum Gasteiger partial charge on any atom is -0.497 e. The van der Waals surface area contributed by atoms with Gasteiger partial charge >= 0.3 is 0 Å². The Bertz CT molecular complexity index is 673. The van der Waals surface area contributed by atoms with E-state index in [1.165, 1.54) is 5.56 Å². The predicted octanol–water partition coefficient (Wildman–Crippen LogP) is 3.18. The van der Waals surface area contributed by atoms with Crippen LogP contribution in [0.3, 0.4) is 0 Å². The van der Waals surface area contributed by atoms with Gasteiger partial charge in [-0.2, -0.15) is 0 Å². The molecule has 96 valence electrons. The van der Waals surface area contributed by atoms with Gasteiger partial charge in [0.05, 0.1) is 24.5 Å². The van der Waals surface area contributed by atoms with Gasteiger partial charge in [-0.15, -0.1) is 0 Å². The van der Waals surface area contributed by atoms with Crippen molar-refractivity contribution in [2.24, 2.45) is 0 Å². The number of benzene rings is 2. The number of hydrogen-bond donors (Lipinski definition) is 2. The molecule has 0 aliphatic rings. The molecule has 3 rings (SSSR count). The summed E-state index contributed by atoms with van der Waals surface area (Å²) in [5.74, 6) is 0.877. The van der Waals surface area contributed by atoms with Crippen molar-refractivity contribution >= 4 is 16.7 Å². The zero-order chi connectivity index (χ0) is 13.1. The molecule has 0 spiro atoms. The highest BCUT2D eigenvalue weighted by molar-refractivity contribution is 5.78. The lowest BCUT2D eigenvalue weighted by atomic mass is 10.2. The first-order chi connectivity index (χ1) is 9.35. The van der Waals surface area contributed by atoms with Gasteiger partial charge in [-0.1, -0.05) is 12.1 Å². The number of nitrogens with one attached hydrogen (secondary N) is 2. The molecule has 0 atom stereocenters. The van der Waals surface area contributed by atoms with Crippen LogP contribution >= 0.6 is 0 Å². The van der Waals surface area contributed by atoms with Gasteiger partial charge in [-0.25, -0.2) is 4.98 Å². The fourth-order valence-electron chi connectivity index (χ4n) is 1.99. The second kappa shape index (κ2) is 5.02. The summed E-state index contributed by atoms with van der Waals surface area (Å²) < 4.78 is 5.14. The first-order valence-electron chi connectivity index (χ1n) is 6.15. The first kappa shape index (κ1) is 11.6. The Labute approximate surface area is 111 Å². The maximum atomic E-state index is 5.14. The molecule has 19 heavy (non-hydrogen) atoms. The van der Waals surface area contributed by atoms with E-state index in [4.69, 9.17) is 4.74 Å². The van der Waals surface area contributed by atoms with Crippen molar-refractivity contribution in [3.8, 4) is 5.75 Å². The van der Waals surface area contributed by atoms with Crippen molar-refractivity contribution in [3.05, 3.63) is 54.4 Å². The van der Waals surface area contributed by atoms with E-state index >= 15 is 0 Å². The Kier molecular flexibility index (Phi) is 3.06. The summed E-state index contributed by atoms with van der Waals surface area (Å²) in [5, 5.41) is 3.39. The highest BCUT2D eigenvalue weighted by Gasteiger charge is 1.99. The summed E-state index contributed by atoms with van der Waals surface area (Å²) in [6, 6.07) is 14.1. The number of nitrogens with zero attached hydrogens (tertiary/aromatic N) is 1. The number of imidazole rings is 1. The van der Waals surface area contributed by atoms with Crippen molar-refractivity contribution in [2.75, 3.05) is 12.4 Å². The Morgan fingerprint density at radius 2 is 2.00 bits per heavy atom. The number of methoxy groups -OCH3 is 1. The molecule has 4 heteroatoms. The van der Waals surface area contributed by atoms with Crippen LogP contribution in [0.15, 0.2) is 48.8 Å². The largest absolute Gasteiger partial charge is 0.497 e. The van der Waals surface area contributed by atoms with Crippen molar-refractivity contribution < 1.29 is 4.74 Å². The van der Waals surface area contributed by atoms with Gasteiger partial charge in [-0.05, 0) is 35.9 Å². The van der Waals surface area contributed by atoms with Crippen molar-refractivity contribution in [1.29, 1.82) is 0 Å². The molecule has 0 saturated carbocycles. The molecule has 0 aliphatic heterocycles. The third kappa shape index (κ3) is 2.52. The minimum absolute atomic E-state index is 0.781. The fraction of sp³-hybridized carbons (Fsp3) is 0.133. The number of H-pyrrole nitrogens is 1. The van der Waals surface area contributed by atoms with Crippen molar-refractivity contribution in [3.63, 3.8) is 0 Å². The molecular weight excluding hydrogens is 238 g/mol. The van der Waals surface area contributed by atoms with Gasteiger partial charge in [0.1, 0.15) is 5.75 Å². The lowest BCUT2D eigenvalue weighted by molar-refractivity contribution is 0.414. The standard InChI is InChI=1S/C15H15N3O/c1-19-13-5-2-11(3-6-13)9-16-12-4-7-14-15(8-12)18-10-17-14/h2-8,10,16H,9H2,1H3,(H,17,18). The van der Waals surface area contributed by atoms with Crippen LogP contribution in [0.5, 0.6) is 5.75 Å². The molecule has 0 aliphatic carbocycles. The van der Waals surface area contributed by atoms with E-state index in [9.17, 15) is 0 Å². The quantitative estimate of drug-likeness (QED) is 0.750. The van der Waals surface area contributed by atoms with E-state index in [1.54, 1.807) is 13.4 Å². The van der Waals surface area contributed by atoms with Gasteiger partial charge < -0.3 is 15.0 Å². The van der Waals surface area contributed by atoms with Crippen LogP contribution in [-0.4, -0.2) is 17.1 Å². The van der Waals surface area contributed by atoms with Crippen molar-refractivity contribution in [2.45, 2.75) is 6.54 Å². The normalized spacial score (nSPS) is 10.6. The summed E-state index contributed by atoms with van der Waals surface area (Å²) in [6.45, 7) is 0.781. The van der Waals surface area contributed by atoms with Gasteiger partial charge in [0.2, 0.25) is 0 Å². The number of anilines is 1. The second-order valence-corrected chi connectivity index (χ2v) is 4.34. The van der Waals surface area contributed by atoms with E-state index in [-0.39, 0.29) is 0 Å². The molecule has 0 saturated heterocycles. The van der Waals surface area contributed by atoms with E-state index in [1.807, 2.05) is 24.3 Å². The Hall–Kier alpha value is -2.49. The highest BCUT2D eigenvalue weighted by atomic mass is 16.5. The molecular formula is C15H15N3O. The minimum atomic E-state index is 0.781. The number of fused-ring (bicyclic) bond motifs is 1. The molecule has 0 radical (unpaired) electrons. The Morgan fingerprint density at radius 3 is 2.79 bits per heavy atom. The second-order valence-electron chi connectivity index (χ2n) is 4.34. The van der Waals surface area contributed by atoms with Crippen LogP contribution < -0.4 is 10.1 Å². The molecule has 3 aromatic rings. The molecule has 2 aromatic carbocycles. The number of rotatable bonds is 4. The van der Waals surface area contributed by atoms with Crippen LogP contribution in [0.4, 0.5) is 5.69 Å². The summed E-state index contributed by atoms with van der Waals surface area (Å²) in [7, 11) is 1.67. The SMILES string of the molecule is COc1ccc(CNc2ccc3nc[nH]c3c2)cc1. The van der Waals surface area contributed by atoms with Crippen LogP contribution in [-0.2, 0) is 6.54 Å². The number of aromatic nitrogens is 2. The van der Waals surface area contributed by atoms with E-state index in [0.29, 0.717) is 0 Å². The third-order valence-corrected chi connectivity index (χ3v) is 3.08. The van der Waals surface area contributed by atoms with Crippen molar-refractivity contribution in [1.82, 2.24) is 9.97 Å². The van der Waals surface area contributed by atoms with E-state index in [0.717, 1.165) is 29.0 Å². The third-order valence-electron chi connectivity index (χ3n) is 3.08. The average Bonchev–Trinajstić information content (AvgIpc) is 2.93. The number of aromatic amines is 1. The van der Waals surface area contributed by atoms with Gasteiger partial charge in [-0.3, -0.25) is 0 Å². The zero-order valence-corrected chi connectivity index (χ0v) is 10.7. The number of ether oxygens (including phenoxy) is 1. The molecule has 0 fully saturated rings. The molecule has 4 nitrogen and oxygen atoms in total. The predicted molar refractivity (Wildman–Crippen MR) is 76.4 cm³/mol. The number of hydrogen-bond acceptors (Lipinski definition) is 3. The molecule has 1 heterocycles. The first-order valence-corrected chi connectivity index (χ1v) is 6.15. The lowest BCUT2D eigenvalue weighted by Crippen LogP contribution is -1.99. The Morgan fingerprint density at radius 1 is 1.16 bits per heavy atom. The summed E-state index contributed by atoms with van der Waals surface area (Å²) in [6.07, 6.45) is 1.71. The van der Waals surface area contributed by atoms with Crippen LogP contribution in [0.25, 0.3) is 11.0 Å². The summed E-state index contributed by atoms with van der Waals surface area (Å²) in [4.78, 5) is 7.31. The molecule has 0 unspecified atom stereocenters. The Balaban J connectivity index is 1.70. The fourth-order valence-corrected chi connectivity index (χ4v) is 1.99. The molecule has 1 aromatic heterocycles. The topological polar surface area (TPSA) is 49.9 Å². The zero-order valence-electron chi connectivity index (χ0n) is 10.7. The van der Waals surface area contributed by atoms with Crippen LogP contribution in [0, 0.1) is 0 Å². The van der Waals surface area contributed by atoms with E-state index in [2.05, 4.69) is 33.5 Å². The monoisotopic (exact) mass is 253 g/mol. The van der Waals surface area contributed by atoms with Crippen LogP contribution in [0.1, 0.15) is 5.56 Å². The highest BCUT2D eigenvalue weighted by Crippen LogP contribution is 2.17. The van der Waals surface area contributed by atoms with Crippen LogP contribution in [0.2, 0.25) is 0 Å². The van der Waals surface area contributed by atoms with Gasteiger partial charge in [0, 0.05) is 12.2 Å². The average molecular weight is 253 g/mol. The maximum Gasteiger partial charge on any atom is 0.118 e. The van der Waals surface area contributed by atoms with Gasteiger partial charge in [0.15, 0.2) is 0 Å². The smallest absolute Gasteiger partial charge is 0.118 e. The summed E-state index contributed by atoms with van der Waals surface area (Å²) >= 11 is 0. The summed E-state index contributed by atoms with van der Waals surface area (Å²) in [5.41, 5.74) is 4.31. The van der Waals surface area contributed by atoms with Gasteiger partial charge in [0.25, 0.3) is 0 Å². The molecule has 0 amide bonds. The molecule has 0 bridgehead atoms. The molecule has 2 N–H and O–H groups in total. The maximum absolute atomic E-state index is 5.14.